The molecule has 0 spiro atoms. The second-order valence-electron chi connectivity index (χ2n) is 5.37. The van der Waals surface area contributed by atoms with Gasteiger partial charge in [0.2, 0.25) is 5.91 Å². The fourth-order valence-corrected chi connectivity index (χ4v) is 3.24. The molecule has 1 aromatic carbocycles. The molecule has 0 aromatic heterocycles. The number of hydrogen-bond acceptors (Lipinski definition) is 1. The fraction of sp³-hybridized carbons (Fsp3) is 0.533. The molecule has 1 atom stereocenters. The third-order valence-corrected chi connectivity index (χ3v) is 4.44. The summed E-state index contributed by atoms with van der Waals surface area (Å²) in [6.07, 6.45) is 5.69. The Bertz CT molecular complexity index is 456. The van der Waals surface area contributed by atoms with Gasteiger partial charge >= 0.3 is 0 Å². The summed E-state index contributed by atoms with van der Waals surface area (Å²) in [6.45, 7) is 0.937. The number of nitrogens with zero attached hydrogens (tertiary/aromatic N) is 1. The van der Waals surface area contributed by atoms with Crippen LogP contribution in [-0.2, 0) is 4.79 Å². The maximum atomic E-state index is 12.3. The maximum Gasteiger partial charge on any atom is 0.226 e. The third-order valence-electron chi connectivity index (χ3n) is 3.95. The monoisotopic (exact) mass is 307 g/mol. The van der Waals surface area contributed by atoms with Crippen LogP contribution >= 0.6 is 15.9 Å². The Kier molecular flexibility index (Phi) is 3.42. The number of carbonyl (C=O) groups is 1. The average Bonchev–Trinajstić information content (AvgIpc) is 3.22. The van der Waals surface area contributed by atoms with Crippen molar-refractivity contribution in [2.24, 2.45) is 5.92 Å². The minimum Gasteiger partial charge on any atom is -0.335 e. The highest BCUT2D eigenvalue weighted by Gasteiger charge is 2.37. The molecule has 0 N–H and O–H groups in total. The summed E-state index contributed by atoms with van der Waals surface area (Å²) in [4.78, 5) is 14.5. The van der Waals surface area contributed by atoms with E-state index in [1.807, 2.05) is 6.07 Å². The highest BCUT2D eigenvalue weighted by atomic mass is 79.9. The normalized spacial score (nSPS) is 24.1. The minimum atomic E-state index is 0.296. The van der Waals surface area contributed by atoms with E-state index in [-0.39, 0.29) is 0 Å². The lowest BCUT2D eigenvalue weighted by Gasteiger charge is -2.36. The molecule has 1 aliphatic heterocycles. The van der Waals surface area contributed by atoms with Crippen LogP contribution in [0.15, 0.2) is 28.7 Å². The van der Waals surface area contributed by atoms with Crippen LogP contribution in [0.25, 0.3) is 0 Å². The molecule has 1 saturated heterocycles. The average molecular weight is 308 g/mol. The van der Waals surface area contributed by atoms with E-state index in [4.69, 9.17) is 0 Å². The van der Waals surface area contributed by atoms with E-state index >= 15 is 0 Å². The Morgan fingerprint density at radius 2 is 2.06 bits per heavy atom. The van der Waals surface area contributed by atoms with E-state index in [2.05, 4.69) is 39.0 Å². The number of piperidine rings is 1. The summed E-state index contributed by atoms with van der Waals surface area (Å²) in [5.41, 5.74) is 1.28. The van der Waals surface area contributed by atoms with Gasteiger partial charge in [-0.1, -0.05) is 28.1 Å². The van der Waals surface area contributed by atoms with Gasteiger partial charge in [0.05, 0.1) is 6.04 Å². The van der Waals surface area contributed by atoms with E-state index in [0.29, 0.717) is 17.9 Å². The van der Waals surface area contributed by atoms with Gasteiger partial charge in [0.25, 0.3) is 0 Å². The highest BCUT2D eigenvalue weighted by molar-refractivity contribution is 9.10. The molecule has 1 aromatic rings. The van der Waals surface area contributed by atoms with Crippen molar-refractivity contribution in [2.45, 2.75) is 38.1 Å². The smallest absolute Gasteiger partial charge is 0.226 e. The van der Waals surface area contributed by atoms with Crippen LogP contribution in [0.5, 0.6) is 0 Å². The number of likely N-dealkylation sites (tertiary alicyclic amines) is 1. The van der Waals surface area contributed by atoms with E-state index in [0.717, 1.165) is 36.7 Å². The largest absolute Gasteiger partial charge is 0.335 e. The zero-order chi connectivity index (χ0) is 12.5. The summed E-state index contributed by atoms with van der Waals surface area (Å²) < 4.78 is 1.10. The van der Waals surface area contributed by atoms with Gasteiger partial charge in [-0.3, -0.25) is 4.79 Å². The van der Waals surface area contributed by atoms with Crippen molar-refractivity contribution < 1.29 is 4.79 Å². The Labute approximate surface area is 116 Å². The molecule has 1 heterocycles. The van der Waals surface area contributed by atoms with Crippen LogP contribution in [0.1, 0.15) is 43.7 Å². The second kappa shape index (κ2) is 5.04. The Hall–Kier alpha value is -0.830. The van der Waals surface area contributed by atoms with E-state index in [9.17, 15) is 4.79 Å². The Balaban J connectivity index is 1.84. The molecular formula is C15H18BrNO. The van der Waals surface area contributed by atoms with Crippen LogP contribution in [-0.4, -0.2) is 17.4 Å². The van der Waals surface area contributed by atoms with Gasteiger partial charge in [0, 0.05) is 16.9 Å². The standard InChI is InChI=1S/C15H18BrNO/c16-13-5-3-4-12(10-13)14-6-1-2-9-17(14)15(18)11-7-8-11/h3-5,10-11,14H,1-2,6-9H2. The number of rotatable bonds is 2. The number of carbonyl (C=O) groups excluding carboxylic acids is 1. The minimum absolute atomic E-state index is 0.296. The molecule has 1 unspecified atom stereocenters. The van der Waals surface area contributed by atoms with Crippen LogP contribution in [0, 0.1) is 5.92 Å². The third kappa shape index (κ3) is 2.46. The van der Waals surface area contributed by atoms with E-state index in [1.165, 1.54) is 12.0 Å². The van der Waals surface area contributed by atoms with Crippen LogP contribution < -0.4 is 0 Å². The van der Waals surface area contributed by atoms with Crippen molar-refractivity contribution in [1.82, 2.24) is 4.90 Å². The fourth-order valence-electron chi connectivity index (χ4n) is 2.82. The topological polar surface area (TPSA) is 20.3 Å². The maximum absolute atomic E-state index is 12.3. The van der Waals surface area contributed by atoms with Gasteiger partial charge < -0.3 is 4.90 Å². The van der Waals surface area contributed by atoms with Crippen molar-refractivity contribution in [3.05, 3.63) is 34.3 Å². The molecule has 1 amide bonds. The molecule has 2 aliphatic rings. The van der Waals surface area contributed by atoms with Crippen molar-refractivity contribution in [3.8, 4) is 0 Å². The molecule has 3 rings (SSSR count). The lowest BCUT2D eigenvalue weighted by atomic mass is 9.95. The van der Waals surface area contributed by atoms with Gasteiger partial charge in [-0.25, -0.2) is 0 Å². The van der Waals surface area contributed by atoms with Crippen LogP contribution in [0.4, 0.5) is 0 Å². The summed E-state index contributed by atoms with van der Waals surface area (Å²) in [7, 11) is 0. The first kappa shape index (κ1) is 12.2. The van der Waals surface area contributed by atoms with Gasteiger partial charge in [-0.15, -0.1) is 0 Å². The highest BCUT2D eigenvalue weighted by Crippen LogP contribution is 2.38. The molecule has 18 heavy (non-hydrogen) atoms. The van der Waals surface area contributed by atoms with E-state index in [1.54, 1.807) is 0 Å². The predicted molar refractivity (Wildman–Crippen MR) is 75.2 cm³/mol. The summed E-state index contributed by atoms with van der Waals surface area (Å²) in [6, 6.07) is 8.70. The number of amides is 1. The van der Waals surface area contributed by atoms with Gasteiger partial charge in [0.15, 0.2) is 0 Å². The first-order chi connectivity index (χ1) is 8.75. The van der Waals surface area contributed by atoms with Crippen LogP contribution in [0.2, 0.25) is 0 Å². The lowest BCUT2D eigenvalue weighted by molar-refractivity contribution is -0.136. The number of halogens is 1. The zero-order valence-electron chi connectivity index (χ0n) is 10.4. The first-order valence-corrected chi connectivity index (χ1v) is 7.61. The summed E-state index contributed by atoms with van der Waals surface area (Å²) in [5.74, 6) is 0.720. The Morgan fingerprint density at radius 1 is 1.22 bits per heavy atom. The van der Waals surface area contributed by atoms with Crippen molar-refractivity contribution in [2.75, 3.05) is 6.54 Å². The van der Waals surface area contributed by atoms with Crippen molar-refractivity contribution >= 4 is 21.8 Å². The van der Waals surface area contributed by atoms with Gasteiger partial charge in [0.1, 0.15) is 0 Å². The number of hydrogen-bond donors (Lipinski definition) is 0. The SMILES string of the molecule is O=C(C1CC1)N1CCCCC1c1cccc(Br)c1. The first-order valence-electron chi connectivity index (χ1n) is 6.81. The predicted octanol–water partition coefficient (Wildman–Crippen LogP) is 3.91. The molecular weight excluding hydrogens is 290 g/mol. The number of benzene rings is 1. The summed E-state index contributed by atoms with van der Waals surface area (Å²) in [5, 5.41) is 0. The molecule has 2 fully saturated rings. The van der Waals surface area contributed by atoms with E-state index < -0.39 is 0 Å². The molecule has 1 saturated carbocycles. The Morgan fingerprint density at radius 3 is 2.78 bits per heavy atom. The lowest BCUT2D eigenvalue weighted by Crippen LogP contribution is -2.39. The summed E-state index contributed by atoms with van der Waals surface area (Å²) >= 11 is 3.52. The molecule has 1 aliphatic carbocycles. The molecule has 2 nitrogen and oxygen atoms in total. The zero-order valence-corrected chi connectivity index (χ0v) is 12.0. The van der Waals surface area contributed by atoms with Crippen molar-refractivity contribution in [3.63, 3.8) is 0 Å². The molecule has 3 heteroatoms. The van der Waals surface area contributed by atoms with Gasteiger partial charge in [-0.05, 0) is 49.8 Å². The second-order valence-corrected chi connectivity index (χ2v) is 6.29. The molecule has 0 bridgehead atoms. The molecule has 0 radical (unpaired) electrons. The quantitative estimate of drug-likeness (QED) is 0.811. The van der Waals surface area contributed by atoms with Gasteiger partial charge in [-0.2, -0.15) is 0 Å². The van der Waals surface area contributed by atoms with Crippen molar-refractivity contribution in [1.29, 1.82) is 0 Å². The molecule has 96 valence electrons. The van der Waals surface area contributed by atoms with Crippen LogP contribution in [0.3, 0.4) is 0 Å².